The van der Waals surface area contributed by atoms with E-state index in [-0.39, 0.29) is 28.1 Å². The predicted octanol–water partition coefficient (Wildman–Crippen LogP) is -0.00120. The number of anilines is 1. The van der Waals surface area contributed by atoms with Crippen LogP contribution in [-0.4, -0.2) is 41.6 Å². The number of aliphatic hydroxyl groups is 1. The van der Waals surface area contributed by atoms with E-state index in [1.807, 2.05) is 4.57 Å². The number of aromatic nitrogens is 4. The minimum Gasteiger partial charge on any atom is -0.394 e. The second kappa shape index (κ2) is 4.48. The minimum atomic E-state index is -0.328. The van der Waals surface area contributed by atoms with E-state index in [4.69, 9.17) is 10.8 Å². The van der Waals surface area contributed by atoms with Gasteiger partial charge in [0.05, 0.1) is 22.9 Å². The van der Waals surface area contributed by atoms with E-state index in [1.54, 1.807) is 29.9 Å². The lowest BCUT2D eigenvalue weighted by atomic mass is 10.5. The number of nitrogens with zero attached hydrogens (tertiary/aromatic N) is 3. The van der Waals surface area contributed by atoms with Crippen molar-refractivity contribution in [1.82, 2.24) is 19.5 Å². The van der Waals surface area contributed by atoms with Gasteiger partial charge in [-0.05, 0) is 0 Å². The van der Waals surface area contributed by atoms with Crippen molar-refractivity contribution in [2.24, 2.45) is 0 Å². The number of fused-ring (bicyclic) bond motifs is 1. The van der Waals surface area contributed by atoms with Crippen LogP contribution in [0.15, 0.2) is 11.1 Å². The van der Waals surface area contributed by atoms with Crippen LogP contribution in [0.3, 0.4) is 0 Å². The molecule has 1 aliphatic heterocycles. The lowest BCUT2D eigenvalue weighted by Gasteiger charge is -2.11. The van der Waals surface area contributed by atoms with Gasteiger partial charge in [0.1, 0.15) is 0 Å². The van der Waals surface area contributed by atoms with Crippen LogP contribution in [-0.2, 0) is 0 Å². The van der Waals surface area contributed by atoms with Gasteiger partial charge in [-0.25, -0.2) is 4.98 Å². The molecule has 3 rings (SSSR count). The Balaban J connectivity index is 2.05. The van der Waals surface area contributed by atoms with Gasteiger partial charge in [0, 0.05) is 5.75 Å². The molecular formula is C9H11N5O2S2. The highest BCUT2D eigenvalue weighted by Crippen LogP contribution is 2.44. The molecule has 2 aromatic heterocycles. The van der Waals surface area contributed by atoms with E-state index in [9.17, 15) is 4.79 Å². The molecule has 0 bridgehead atoms. The number of imidazole rings is 1. The Labute approximate surface area is 110 Å². The molecule has 0 radical (unpaired) electrons. The van der Waals surface area contributed by atoms with Crippen molar-refractivity contribution >= 4 is 40.6 Å². The lowest BCUT2D eigenvalue weighted by molar-refractivity contribution is 0.316. The number of thioether (sulfide) groups is 2. The molecule has 3 heterocycles. The molecule has 96 valence electrons. The van der Waals surface area contributed by atoms with Gasteiger partial charge in [-0.3, -0.25) is 9.78 Å². The molecule has 9 heteroatoms. The Morgan fingerprint density at radius 2 is 2.50 bits per heavy atom. The quantitative estimate of drug-likeness (QED) is 0.712. The molecule has 4 N–H and O–H groups in total. The maximum Gasteiger partial charge on any atom is 0.280 e. The Morgan fingerprint density at radius 3 is 3.22 bits per heavy atom. The van der Waals surface area contributed by atoms with Crippen LogP contribution in [0.1, 0.15) is 5.37 Å². The van der Waals surface area contributed by atoms with Gasteiger partial charge in [0.25, 0.3) is 5.56 Å². The fraction of sp³-hybridized carbons (Fsp3) is 0.444. The van der Waals surface area contributed by atoms with Gasteiger partial charge in [-0.2, -0.15) is 4.98 Å². The molecule has 7 nitrogen and oxygen atoms in total. The number of aromatic amines is 1. The summed E-state index contributed by atoms with van der Waals surface area (Å²) in [6, 6.07) is 0. The number of nitrogens with one attached hydrogen (secondary N) is 1. The highest BCUT2D eigenvalue weighted by Gasteiger charge is 2.28. The smallest absolute Gasteiger partial charge is 0.280 e. The first-order valence-electron chi connectivity index (χ1n) is 5.29. The number of nitrogens with two attached hydrogens (primary N) is 1. The number of aliphatic hydroxyl groups excluding tert-OH is 1. The van der Waals surface area contributed by atoms with E-state index in [2.05, 4.69) is 15.0 Å². The molecule has 1 aliphatic rings. The van der Waals surface area contributed by atoms with E-state index in [1.165, 1.54) is 0 Å². The molecule has 1 fully saturated rings. The van der Waals surface area contributed by atoms with Gasteiger partial charge in [-0.1, -0.05) is 0 Å². The zero-order valence-electron chi connectivity index (χ0n) is 9.24. The number of hydrogen-bond acceptors (Lipinski definition) is 7. The van der Waals surface area contributed by atoms with Crippen LogP contribution in [0.4, 0.5) is 5.95 Å². The highest BCUT2D eigenvalue weighted by atomic mass is 32.2. The van der Waals surface area contributed by atoms with Gasteiger partial charge in [-0.15, -0.1) is 23.5 Å². The normalized spacial score (nSPS) is 23.8. The maximum absolute atomic E-state index is 11.6. The number of H-pyrrole nitrogens is 1. The second-order valence-electron chi connectivity index (χ2n) is 3.81. The molecule has 0 aromatic carbocycles. The summed E-state index contributed by atoms with van der Waals surface area (Å²) in [6.07, 6.45) is 1.60. The SMILES string of the molecule is Nc1nc2c(ncn2[C@@H]2CS[C@@H](CO)S2)c(=O)[nH]1. The third-order valence-electron chi connectivity index (χ3n) is 2.64. The van der Waals surface area contributed by atoms with Crippen molar-refractivity contribution in [3.8, 4) is 0 Å². The van der Waals surface area contributed by atoms with Crippen molar-refractivity contribution in [1.29, 1.82) is 0 Å². The van der Waals surface area contributed by atoms with Crippen LogP contribution in [0.25, 0.3) is 11.2 Å². The van der Waals surface area contributed by atoms with E-state index in [0.29, 0.717) is 11.2 Å². The Morgan fingerprint density at radius 1 is 1.67 bits per heavy atom. The van der Waals surface area contributed by atoms with Crippen LogP contribution in [0, 0.1) is 0 Å². The van der Waals surface area contributed by atoms with E-state index >= 15 is 0 Å². The molecule has 1 saturated heterocycles. The lowest BCUT2D eigenvalue weighted by Crippen LogP contribution is -2.13. The first-order chi connectivity index (χ1) is 8.69. The molecule has 0 amide bonds. The molecule has 18 heavy (non-hydrogen) atoms. The standard InChI is InChI=1S/C9H11N5O2S2/c10-9-12-7-6(8(16)13-9)11-3-14(7)4-2-17-5(1-15)18-4/h3-5,15H,1-2H2,(H3,10,12,13,16)/t4-,5+/m0/s1. The average Bonchev–Trinajstić information content (AvgIpc) is 2.93. The summed E-state index contributed by atoms with van der Waals surface area (Å²) < 4.78 is 2.00. The van der Waals surface area contributed by atoms with Crippen molar-refractivity contribution in [2.75, 3.05) is 18.1 Å². The zero-order chi connectivity index (χ0) is 12.7. The predicted molar refractivity (Wildman–Crippen MR) is 72.5 cm³/mol. The maximum atomic E-state index is 11.6. The van der Waals surface area contributed by atoms with Gasteiger partial charge < -0.3 is 15.4 Å². The molecule has 0 saturated carbocycles. The van der Waals surface area contributed by atoms with Crippen LogP contribution in [0.5, 0.6) is 0 Å². The van der Waals surface area contributed by atoms with E-state index < -0.39 is 0 Å². The number of hydrogen-bond donors (Lipinski definition) is 3. The van der Waals surface area contributed by atoms with Crippen LogP contribution in [0.2, 0.25) is 0 Å². The number of nitrogen functional groups attached to an aromatic ring is 1. The van der Waals surface area contributed by atoms with Crippen molar-refractivity contribution in [3.63, 3.8) is 0 Å². The first kappa shape index (κ1) is 11.9. The molecule has 2 atom stereocenters. The highest BCUT2D eigenvalue weighted by molar-refractivity contribution is 8.20. The fourth-order valence-electron chi connectivity index (χ4n) is 1.84. The molecule has 2 aromatic rings. The summed E-state index contributed by atoms with van der Waals surface area (Å²) in [5.41, 5.74) is 6.00. The van der Waals surface area contributed by atoms with E-state index in [0.717, 1.165) is 5.75 Å². The van der Waals surface area contributed by atoms with Crippen molar-refractivity contribution < 1.29 is 5.11 Å². The molecule has 0 aliphatic carbocycles. The largest absolute Gasteiger partial charge is 0.394 e. The summed E-state index contributed by atoms with van der Waals surface area (Å²) in [5, 5.41) is 9.24. The Kier molecular flexibility index (Phi) is 2.96. The molecule has 0 unspecified atom stereocenters. The summed E-state index contributed by atoms with van der Waals surface area (Å²) in [7, 11) is 0. The summed E-state index contributed by atoms with van der Waals surface area (Å²) >= 11 is 3.32. The first-order valence-corrected chi connectivity index (χ1v) is 7.28. The second-order valence-corrected chi connectivity index (χ2v) is 6.73. The third kappa shape index (κ3) is 1.88. The van der Waals surface area contributed by atoms with Gasteiger partial charge in [0.15, 0.2) is 11.2 Å². The van der Waals surface area contributed by atoms with Crippen molar-refractivity contribution in [2.45, 2.75) is 9.96 Å². The summed E-state index contributed by atoms with van der Waals surface area (Å²) in [5.74, 6) is 0.930. The van der Waals surface area contributed by atoms with Crippen LogP contribution < -0.4 is 11.3 Å². The molecular weight excluding hydrogens is 274 g/mol. The zero-order valence-corrected chi connectivity index (χ0v) is 10.9. The topological polar surface area (TPSA) is 110 Å². The average molecular weight is 285 g/mol. The monoisotopic (exact) mass is 285 g/mol. The third-order valence-corrected chi connectivity index (χ3v) is 5.79. The minimum absolute atomic E-state index is 0.0867. The summed E-state index contributed by atoms with van der Waals surface area (Å²) in [4.78, 5) is 22.3. The summed E-state index contributed by atoms with van der Waals surface area (Å²) in [6.45, 7) is 0.134. The van der Waals surface area contributed by atoms with Gasteiger partial charge in [0.2, 0.25) is 5.95 Å². The van der Waals surface area contributed by atoms with Gasteiger partial charge >= 0.3 is 0 Å². The Bertz CT molecular complexity index is 639. The van der Waals surface area contributed by atoms with Crippen molar-refractivity contribution in [3.05, 3.63) is 16.7 Å². The fourth-order valence-corrected chi connectivity index (χ4v) is 4.69. The number of rotatable bonds is 2. The molecule has 0 spiro atoms. The van der Waals surface area contributed by atoms with Crippen LogP contribution >= 0.6 is 23.5 Å². The Hall–Kier alpha value is -1.19.